The van der Waals surface area contributed by atoms with Gasteiger partial charge in [0.25, 0.3) is 5.56 Å². The first-order chi connectivity index (χ1) is 14.6. The zero-order chi connectivity index (χ0) is 20.7. The molecule has 8 heteroatoms. The number of rotatable bonds is 4. The molecule has 0 spiro atoms. The van der Waals surface area contributed by atoms with Crippen LogP contribution < -0.4 is 5.56 Å². The van der Waals surface area contributed by atoms with E-state index >= 15 is 0 Å². The molecular formula is C22H18FN3O2S2. The molecule has 1 unspecified atom stereocenters. The molecule has 1 aromatic carbocycles. The number of benzene rings is 1. The Morgan fingerprint density at radius 3 is 2.80 bits per heavy atom. The van der Waals surface area contributed by atoms with E-state index in [0.717, 1.165) is 18.4 Å². The molecule has 152 valence electrons. The first-order valence-electron chi connectivity index (χ1n) is 9.67. The Labute approximate surface area is 180 Å². The van der Waals surface area contributed by atoms with Crippen LogP contribution in [0.15, 0.2) is 58.3 Å². The van der Waals surface area contributed by atoms with E-state index < -0.39 is 0 Å². The van der Waals surface area contributed by atoms with Gasteiger partial charge in [-0.1, -0.05) is 18.2 Å². The summed E-state index contributed by atoms with van der Waals surface area (Å²) in [7, 11) is 0. The number of aromatic nitrogens is 2. The lowest BCUT2D eigenvalue weighted by Crippen LogP contribution is -2.36. The van der Waals surface area contributed by atoms with Crippen molar-refractivity contribution < 1.29 is 9.18 Å². The molecule has 1 amide bonds. The molecule has 0 aliphatic carbocycles. The van der Waals surface area contributed by atoms with Crippen molar-refractivity contribution in [3.8, 4) is 11.1 Å². The summed E-state index contributed by atoms with van der Waals surface area (Å²) in [6.07, 6.45) is 3.35. The van der Waals surface area contributed by atoms with Gasteiger partial charge in [0.1, 0.15) is 17.2 Å². The predicted molar refractivity (Wildman–Crippen MR) is 117 cm³/mol. The molecule has 1 aliphatic heterocycles. The maximum atomic E-state index is 13.3. The number of carbonyl (C=O) groups excluding carboxylic acids is 1. The molecule has 1 fully saturated rings. The Bertz CT molecular complexity index is 1260. The first-order valence-corrected chi connectivity index (χ1v) is 11.4. The van der Waals surface area contributed by atoms with Gasteiger partial charge in [-0.15, -0.1) is 22.7 Å². The van der Waals surface area contributed by atoms with E-state index in [9.17, 15) is 14.0 Å². The molecule has 0 saturated carbocycles. The van der Waals surface area contributed by atoms with Crippen LogP contribution in [-0.2, 0) is 11.3 Å². The van der Waals surface area contributed by atoms with Crippen LogP contribution in [0.25, 0.3) is 21.3 Å². The minimum absolute atomic E-state index is 0.0393. The smallest absolute Gasteiger partial charge is 0.263 e. The molecular weight excluding hydrogens is 421 g/mol. The van der Waals surface area contributed by atoms with Gasteiger partial charge in [-0.05, 0) is 42.0 Å². The number of likely N-dealkylation sites (tertiary alicyclic amines) is 1. The summed E-state index contributed by atoms with van der Waals surface area (Å²) in [6.45, 7) is 0.660. The molecule has 0 radical (unpaired) electrons. The Hall–Kier alpha value is -2.84. The zero-order valence-corrected chi connectivity index (χ0v) is 17.6. The fourth-order valence-corrected chi connectivity index (χ4v) is 5.78. The summed E-state index contributed by atoms with van der Waals surface area (Å²) >= 11 is 3.02. The molecule has 1 aliphatic rings. The van der Waals surface area contributed by atoms with Crippen molar-refractivity contribution in [2.75, 3.05) is 6.54 Å². The van der Waals surface area contributed by atoms with Gasteiger partial charge in [0, 0.05) is 22.4 Å². The Balaban J connectivity index is 1.47. The molecule has 4 heterocycles. The molecule has 1 saturated heterocycles. The molecule has 1 atom stereocenters. The highest BCUT2D eigenvalue weighted by molar-refractivity contribution is 7.17. The van der Waals surface area contributed by atoms with Gasteiger partial charge >= 0.3 is 0 Å². The van der Waals surface area contributed by atoms with Crippen molar-refractivity contribution in [2.45, 2.75) is 25.4 Å². The maximum Gasteiger partial charge on any atom is 0.263 e. The Morgan fingerprint density at radius 2 is 2.03 bits per heavy atom. The summed E-state index contributed by atoms with van der Waals surface area (Å²) in [5.41, 5.74) is 1.22. The number of hydrogen-bond donors (Lipinski definition) is 0. The van der Waals surface area contributed by atoms with E-state index in [1.807, 2.05) is 21.7 Å². The highest BCUT2D eigenvalue weighted by Gasteiger charge is 2.30. The van der Waals surface area contributed by atoms with Crippen molar-refractivity contribution in [1.29, 1.82) is 0 Å². The SMILES string of the molecule is O=C(Cn1cnc2scc(-c3ccc(F)cc3)c2c1=O)N1CCCC1c1cccs1. The number of amides is 1. The molecule has 3 aromatic heterocycles. The fourth-order valence-electron chi connectivity index (χ4n) is 4.00. The van der Waals surface area contributed by atoms with E-state index in [4.69, 9.17) is 0 Å². The third-order valence-electron chi connectivity index (χ3n) is 5.47. The van der Waals surface area contributed by atoms with Gasteiger partial charge in [0.15, 0.2) is 0 Å². The van der Waals surface area contributed by atoms with E-state index in [0.29, 0.717) is 22.3 Å². The summed E-state index contributed by atoms with van der Waals surface area (Å²) in [6, 6.07) is 10.2. The normalized spacial score (nSPS) is 16.4. The lowest BCUT2D eigenvalue weighted by atomic mass is 10.1. The molecule has 30 heavy (non-hydrogen) atoms. The molecule has 5 rings (SSSR count). The lowest BCUT2D eigenvalue weighted by Gasteiger charge is -2.24. The van der Waals surface area contributed by atoms with Crippen molar-refractivity contribution >= 4 is 38.8 Å². The number of fused-ring (bicyclic) bond motifs is 1. The average Bonchev–Trinajstić information content (AvgIpc) is 3.50. The van der Waals surface area contributed by atoms with E-state index in [-0.39, 0.29) is 29.9 Å². The number of halogens is 1. The number of nitrogens with zero attached hydrogens (tertiary/aromatic N) is 3. The van der Waals surface area contributed by atoms with Crippen molar-refractivity contribution in [3.63, 3.8) is 0 Å². The van der Waals surface area contributed by atoms with Crippen molar-refractivity contribution in [3.05, 3.63) is 74.5 Å². The summed E-state index contributed by atoms with van der Waals surface area (Å²) in [5, 5.41) is 4.34. The van der Waals surface area contributed by atoms with Crippen molar-refractivity contribution in [1.82, 2.24) is 14.5 Å². The lowest BCUT2D eigenvalue weighted by molar-refractivity contribution is -0.132. The second-order valence-corrected chi connectivity index (χ2v) is 9.11. The third-order valence-corrected chi connectivity index (χ3v) is 7.33. The van der Waals surface area contributed by atoms with Crippen LogP contribution in [0.2, 0.25) is 0 Å². The minimum Gasteiger partial charge on any atom is -0.333 e. The van der Waals surface area contributed by atoms with Crippen LogP contribution >= 0.6 is 22.7 Å². The summed E-state index contributed by atoms with van der Waals surface area (Å²) in [4.78, 5) is 34.3. The van der Waals surface area contributed by atoms with Crippen LogP contribution in [-0.4, -0.2) is 26.9 Å². The van der Waals surface area contributed by atoms with Crippen LogP contribution in [0.1, 0.15) is 23.8 Å². The second-order valence-electron chi connectivity index (χ2n) is 7.27. The number of hydrogen-bond acceptors (Lipinski definition) is 5. The van der Waals surface area contributed by atoms with Gasteiger partial charge in [-0.25, -0.2) is 9.37 Å². The largest absolute Gasteiger partial charge is 0.333 e. The van der Waals surface area contributed by atoms with E-state index in [2.05, 4.69) is 11.1 Å². The second kappa shape index (κ2) is 7.77. The van der Waals surface area contributed by atoms with Crippen LogP contribution in [0, 0.1) is 5.82 Å². The van der Waals surface area contributed by atoms with Crippen molar-refractivity contribution in [2.24, 2.45) is 0 Å². The van der Waals surface area contributed by atoms with Gasteiger partial charge in [-0.2, -0.15) is 0 Å². The highest BCUT2D eigenvalue weighted by Crippen LogP contribution is 2.35. The quantitative estimate of drug-likeness (QED) is 0.464. The average molecular weight is 440 g/mol. The highest BCUT2D eigenvalue weighted by atomic mass is 32.1. The zero-order valence-electron chi connectivity index (χ0n) is 16.0. The third kappa shape index (κ3) is 3.36. The van der Waals surface area contributed by atoms with Gasteiger partial charge in [0.2, 0.25) is 5.91 Å². The first kappa shape index (κ1) is 19.1. The fraction of sp³-hybridized carbons (Fsp3) is 0.227. The standard InChI is InChI=1S/C22H18FN3O2S2/c23-15-7-5-14(6-8-15)16-12-30-21-20(16)22(28)25(13-24-21)11-19(27)26-9-1-3-17(26)18-4-2-10-29-18/h2,4-8,10,12-13,17H,1,3,9,11H2. The molecule has 4 aromatic rings. The maximum absolute atomic E-state index is 13.3. The Kier molecular flexibility index (Phi) is 4.96. The van der Waals surface area contributed by atoms with E-state index in [1.165, 1.54) is 39.2 Å². The van der Waals surface area contributed by atoms with Crippen LogP contribution in [0.3, 0.4) is 0 Å². The topological polar surface area (TPSA) is 55.2 Å². The molecule has 0 N–H and O–H groups in total. The van der Waals surface area contributed by atoms with Gasteiger partial charge in [-0.3, -0.25) is 14.2 Å². The summed E-state index contributed by atoms with van der Waals surface area (Å²) < 4.78 is 14.7. The molecule has 0 bridgehead atoms. The monoisotopic (exact) mass is 439 g/mol. The number of thiophene rings is 2. The van der Waals surface area contributed by atoms with E-state index in [1.54, 1.807) is 23.5 Å². The molecule has 5 nitrogen and oxygen atoms in total. The minimum atomic E-state index is -0.328. The summed E-state index contributed by atoms with van der Waals surface area (Å²) in [5.74, 6) is -0.405. The predicted octanol–water partition coefficient (Wildman–Crippen LogP) is 4.69. The number of carbonyl (C=O) groups is 1. The van der Waals surface area contributed by atoms with Crippen LogP contribution in [0.4, 0.5) is 4.39 Å². The van der Waals surface area contributed by atoms with Crippen LogP contribution in [0.5, 0.6) is 0 Å². The Morgan fingerprint density at radius 1 is 1.20 bits per heavy atom. The van der Waals surface area contributed by atoms with Gasteiger partial charge < -0.3 is 4.90 Å². The van der Waals surface area contributed by atoms with Gasteiger partial charge in [0.05, 0.1) is 17.8 Å².